The first-order chi connectivity index (χ1) is 29.5. The van der Waals surface area contributed by atoms with Crippen LogP contribution in [0.4, 0.5) is 0 Å². The van der Waals surface area contributed by atoms with E-state index >= 15 is 0 Å². The number of esters is 3. The fourth-order valence-electron chi connectivity index (χ4n) is 6.90. The molecule has 0 saturated heterocycles. The van der Waals surface area contributed by atoms with Crippen molar-refractivity contribution in [2.24, 2.45) is 0 Å². The molecular formula is C54H94O6. The van der Waals surface area contributed by atoms with E-state index in [4.69, 9.17) is 14.2 Å². The Morgan fingerprint density at radius 1 is 0.350 bits per heavy atom. The summed E-state index contributed by atoms with van der Waals surface area (Å²) in [6, 6.07) is 0. The molecule has 1 unspecified atom stereocenters. The average Bonchev–Trinajstić information content (AvgIpc) is 3.24. The number of carbonyl (C=O) groups is 3. The van der Waals surface area contributed by atoms with Crippen LogP contribution in [0.25, 0.3) is 0 Å². The quantitative estimate of drug-likeness (QED) is 0.0263. The summed E-state index contributed by atoms with van der Waals surface area (Å²) in [7, 11) is 0. The van der Waals surface area contributed by atoms with Crippen LogP contribution < -0.4 is 0 Å². The van der Waals surface area contributed by atoms with Gasteiger partial charge in [-0.05, 0) is 96.3 Å². The van der Waals surface area contributed by atoms with Gasteiger partial charge < -0.3 is 14.2 Å². The average molecular weight is 839 g/mol. The lowest BCUT2D eigenvalue weighted by Gasteiger charge is -2.18. The second-order valence-electron chi connectivity index (χ2n) is 16.7. The Balaban J connectivity index is 4.41. The maximum absolute atomic E-state index is 12.8. The highest BCUT2D eigenvalue weighted by Crippen LogP contribution is 2.14. The van der Waals surface area contributed by atoms with Crippen molar-refractivity contribution < 1.29 is 28.6 Å². The molecule has 1 atom stereocenters. The molecule has 60 heavy (non-hydrogen) atoms. The Morgan fingerprint density at radius 2 is 0.667 bits per heavy atom. The summed E-state index contributed by atoms with van der Waals surface area (Å²) in [6.07, 6.45) is 59.2. The van der Waals surface area contributed by atoms with Crippen LogP contribution in [0.15, 0.2) is 60.8 Å². The Hall–Kier alpha value is -2.89. The van der Waals surface area contributed by atoms with Crippen LogP contribution in [0.1, 0.15) is 245 Å². The SMILES string of the molecule is CC/C=C\C/C=C\C/C=C\CCCCCCCC(=O)OC(COC(=O)CCCCCCC/C=C\CCCC)COC(=O)CCCCCCC/C=C\CCCCCCCCC. The van der Waals surface area contributed by atoms with Gasteiger partial charge in [0, 0.05) is 19.3 Å². The number of hydrogen-bond donors (Lipinski definition) is 0. The zero-order valence-corrected chi connectivity index (χ0v) is 39.5. The van der Waals surface area contributed by atoms with Crippen LogP contribution in [0.2, 0.25) is 0 Å². The Bertz CT molecular complexity index is 1100. The monoisotopic (exact) mass is 839 g/mol. The Morgan fingerprint density at radius 3 is 1.08 bits per heavy atom. The Kier molecular flexibility index (Phi) is 46.4. The third-order valence-electron chi connectivity index (χ3n) is 10.7. The first-order valence-electron chi connectivity index (χ1n) is 25.3. The molecule has 6 nitrogen and oxygen atoms in total. The van der Waals surface area contributed by atoms with E-state index in [0.29, 0.717) is 19.3 Å². The van der Waals surface area contributed by atoms with Gasteiger partial charge in [0.25, 0.3) is 0 Å². The summed E-state index contributed by atoms with van der Waals surface area (Å²) in [5, 5.41) is 0. The van der Waals surface area contributed by atoms with Gasteiger partial charge >= 0.3 is 17.9 Å². The van der Waals surface area contributed by atoms with Crippen LogP contribution >= 0.6 is 0 Å². The third kappa shape index (κ3) is 46.2. The molecule has 0 rings (SSSR count). The van der Waals surface area contributed by atoms with Crippen molar-refractivity contribution in [1.82, 2.24) is 0 Å². The van der Waals surface area contributed by atoms with Gasteiger partial charge in [-0.3, -0.25) is 14.4 Å². The second kappa shape index (κ2) is 48.8. The standard InChI is InChI=1S/C54H94O6/c1-4-7-10-13-16-19-22-24-26-28-29-32-35-38-41-44-47-53(56)59-50-51(49-58-52(55)46-43-40-37-34-31-21-18-15-12-9-6-3)60-54(57)48-45-42-39-36-33-30-27-25-23-20-17-14-11-8-5-2/h8,11,15,17-18,20,25-28,51H,4-7,9-10,12-14,16,19,21-24,29-50H2,1-3H3/b11-8-,18-15-,20-17-,27-25-,28-26-. The van der Waals surface area contributed by atoms with Crippen molar-refractivity contribution >= 4 is 17.9 Å². The zero-order chi connectivity index (χ0) is 43.7. The van der Waals surface area contributed by atoms with E-state index < -0.39 is 6.10 Å². The number of hydrogen-bond acceptors (Lipinski definition) is 6. The van der Waals surface area contributed by atoms with E-state index in [1.165, 1.54) is 96.3 Å². The highest BCUT2D eigenvalue weighted by molar-refractivity contribution is 5.71. The molecule has 0 bridgehead atoms. The molecule has 0 spiro atoms. The lowest BCUT2D eigenvalue weighted by atomic mass is 10.1. The van der Waals surface area contributed by atoms with Gasteiger partial charge in [0.2, 0.25) is 0 Å². The third-order valence-corrected chi connectivity index (χ3v) is 10.7. The lowest BCUT2D eigenvalue weighted by Crippen LogP contribution is -2.30. The number of ether oxygens (including phenoxy) is 3. The molecule has 0 aliphatic rings. The zero-order valence-electron chi connectivity index (χ0n) is 39.5. The van der Waals surface area contributed by atoms with Gasteiger partial charge in [0.15, 0.2) is 6.10 Å². The van der Waals surface area contributed by atoms with Gasteiger partial charge in [0.05, 0.1) is 0 Å². The molecule has 0 aromatic rings. The van der Waals surface area contributed by atoms with Gasteiger partial charge in [-0.15, -0.1) is 0 Å². The maximum atomic E-state index is 12.8. The number of carbonyl (C=O) groups excluding carboxylic acids is 3. The maximum Gasteiger partial charge on any atom is 0.306 e. The highest BCUT2D eigenvalue weighted by Gasteiger charge is 2.19. The minimum Gasteiger partial charge on any atom is -0.462 e. The smallest absolute Gasteiger partial charge is 0.306 e. The van der Waals surface area contributed by atoms with Crippen LogP contribution in [-0.4, -0.2) is 37.2 Å². The summed E-state index contributed by atoms with van der Waals surface area (Å²) in [5.41, 5.74) is 0. The van der Waals surface area contributed by atoms with E-state index in [-0.39, 0.29) is 31.1 Å². The van der Waals surface area contributed by atoms with E-state index in [1.807, 2.05) is 0 Å². The number of rotatable bonds is 45. The molecule has 0 fully saturated rings. The summed E-state index contributed by atoms with van der Waals surface area (Å²) in [4.78, 5) is 37.9. The van der Waals surface area contributed by atoms with Crippen molar-refractivity contribution in [3.8, 4) is 0 Å². The molecule has 0 aliphatic heterocycles. The predicted octanol–water partition coefficient (Wildman–Crippen LogP) is 16.5. The predicted molar refractivity (Wildman–Crippen MR) is 256 cm³/mol. The first kappa shape index (κ1) is 57.1. The number of unbranched alkanes of at least 4 members (excludes halogenated alkanes) is 24. The molecule has 0 saturated carbocycles. The molecule has 0 N–H and O–H groups in total. The van der Waals surface area contributed by atoms with Gasteiger partial charge in [0.1, 0.15) is 13.2 Å². The molecule has 0 aliphatic carbocycles. The Labute approximate surface area is 370 Å². The molecule has 0 heterocycles. The largest absolute Gasteiger partial charge is 0.462 e. The lowest BCUT2D eigenvalue weighted by molar-refractivity contribution is -0.167. The molecule has 0 aromatic carbocycles. The summed E-state index contributed by atoms with van der Waals surface area (Å²) in [6.45, 7) is 6.46. The highest BCUT2D eigenvalue weighted by atomic mass is 16.6. The van der Waals surface area contributed by atoms with E-state index in [2.05, 4.69) is 81.5 Å². The fourth-order valence-corrected chi connectivity index (χ4v) is 6.90. The first-order valence-corrected chi connectivity index (χ1v) is 25.3. The minimum absolute atomic E-state index is 0.0881. The summed E-state index contributed by atoms with van der Waals surface area (Å²) < 4.78 is 16.7. The molecule has 0 amide bonds. The molecule has 6 heteroatoms. The molecule has 0 radical (unpaired) electrons. The van der Waals surface area contributed by atoms with E-state index in [9.17, 15) is 14.4 Å². The second-order valence-corrected chi connectivity index (χ2v) is 16.7. The van der Waals surface area contributed by atoms with Crippen LogP contribution in [0.5, 0.6) is 0 Å². The number of allylic oxidation sites excluding steroid dienone is 10. The normalized spacial score (nSPS) is 12.5. The molecular weight excluding hydrogens is 745 g/mol. The van der Waals surface area contributed by atoms with Gasteiger partial charge in [-0.2, -0.15) is 0 Å². The fraction of sp³-hybridized carbons (Fsp3) is 0.759. The minimum atomic E-state index is -0.788. The van der Waals surface area contributed by atoms with Crippen molar-refractivity contribution in [2.45, 2.75) is 252 Å². The van der Waals surface area contributed by atoms with Crippen LogP contribution in [0, 0.1) is 0 Å². The van der Waals surface area contributed by atoms with Crippen molar-refractivity contribution in [3.05, 3.63) is 60.8 Å². The van der Waals surface area contributed by atoms with Crippen molar-refractivity contribution in [2.75, 3.05) is 13.2 Å². The van der Waals surface area contributed by atoms with Gasteiger partial charge in [-0.1, -0.05) is 191 Å². The van der Waals surface area contributed by atoms with E-state index in [1.54, 1.807) is 0 Å². The summed E-state index contributed by atoms with van der Waals surface area (Å²) >= 11 is 0. The molecule has 346 valence electrons. The van der Waals surface area contributed by atoms with E-state index in [0.717, 1.165) is 109 Å². The molecule has 0 aromatic heterocycles. The van der Waals surface area contributed by atoms with Gasteiger partial charge in [-0.25, -0.2) is 0 Å². The topological polar surface area (TPSA) is 78.9 Å². The van der Waals surface area contributed by atoms with Crippen molar-refractivity contribution in [3.63, 3.8) is 0 Å². The van der Waals surface area contributed by atoms with Crippen molar-refractivity contribution in [1.29, 1.82) is 0 Å². The van der Waals surface area contributed by atoms with Crippen LogP contribution in [-0.2, 0) is 28.6 Å². The summed E-state index contributed by atoms with van der Waals surface area (Å²) in [5.74, 6) is -0.921. The van der Waals surface area contributed by atoms with Crippen LogP contribution in [0.3, 0.4) is 0 Å².